The van der Waals surface area contributed by atoms with Crippen LogP contribution >= 0.6 is 0 Å². The Kier molecular flexibility index (Phi) is 5.73. The summed E-state index contributed by atoms with van der Waals surface area (Å²) in [6, 6.07) is 23.5. The van der Waals surface area contributed by atoms with E-state index in [1.165, 1.54) is 6.08 Å². The standard InChI is InChI=1S/C30H27N7O/c1-2-26(38)34-21-10-6-19(7-11-21)24-14-15-25-29(35-24)37(28(36-25)23-5-3-18-33-27(23)31)22-12-8-20(9-13-22)30(32)16-4-17-30/h2-3,5-15,18H,1,4,16-17,32H2,(H2,31,33)(H,34,38). The van der Waals surface area contributed by atoms with Gasteiger partial charge in [-0.3, -0.25) is 9.36 Å². The van der Waals surface area contributed by atoms with Crippen molar-refractivity contribution in [2.24, 2.45) is 5.73 Å². The third-order valence-electron chi connectivity index (χ3n) is 7.16. The summed E-state index contributed by atoms with van der Waals surface area (Å²) < 4.78 is 2.01. The molecular formula is C30H27N7O. The van der Waals surface area contributed by atoms with Gasteiger partial charge in [0.2, 0.25) is 5.91 Å². The van der Waals surface area contributed by atoms with Crippen molar-refractivity contribution in [1.29, 1.82) is 0 Å². The van der Waals surface area contributed by atoms with Gasteiger partial charge in [-0.1, -0.05) is 30.8 Å². The largest absolute Gasteiger partial charge is 0.383 e. The minimum atomic E-state index is -0.257. The van der Waals surface area contributed by atoms with Crippen molar-refractivity contribution in [2.45, 2.75) is 24.8 Å². The molecule has 188 valence electrons. The summed E-state index contributed by atoms with van der Waals surface area (Å²) in [7, 11) is 0. The van der Waals surface area contributed by atoms with Crippen LogP contribution in [0.1, 0.15) is 24.8 Å². The highest BCUT2D eigenvalue weighted by atomic mass is 16.1. The Morgan fingerprint density at radius 2 is 1.76 bits per heavy atom. The molecule has 6 rings (SSSR count). The highest BCUT2D eigenvalue weighted by molar-refractivity contribution is 5.99. The Bertz CT molecular complexity index is 1670. The second-order valence-electron chi connectivity index (χ2n) is 9.57. The molecule has 3 heterocycles. The van der Waals surface area contributed by atoms with Crippen molar-refractivity contribution in [2.75, 3.05) is 11.1 Å². The summed E-state index contributed by atoms with van der Waals surface area (Å²) in [4.78, 5) is 25.8. The van der Waals surface area contributed by atoms with Crippen molar-refractivity contribution >= 4 is 28.6 Å². The fraction of sp³-hybridized carbons (Fsp3) is 0.133. The zero-order valence-electron chi connectivity index (χ0n) is 20.8. The number of benzene rings is 2. The average molecular weight is 502 g/mol. The number of hydrogen-bond donors (Lipinski definition) is 3. The van der Waals surface area contributed by atoms with E-state index in [-0.39, 0.29) is 11.4 Å². The number of carbonyl (C=O) groups excluding carboxylic acids is 1. The Morgan fingerprint density at radius 1 is 1.00 bits per heavy atom. The van der Waals surface area contributed by atoms with Crippen LogP contribution in [-0.4, -0.2) is 25.4 Å². The number of nitrogen functional groups attached to an aromatic ring is 1. The number of fused-ring (bicyclic) bond motifs is 1. The van der Waals surface area contributed by atoms with E-state index in [1.54, 1.807) is 6.20 Å². The van der Waals surface area contributed by atoms with E-state index in [1.807, 2.05) is 53.1 Å². The molecule has 2 aromatic carbocycles. The number of hydrogen-bond acceptors (Lipinski definition) is 6. The molecule has 0 unspecified atom stereocenters. The Morgan fingerprint density at radius 3 is 2.42 bits per heavy atom. The van der Waals surface area contributed by atoms with Gasteiger partial charge >= 0.3 is 0 Å². The molecule has 5 aromatic rings. The molecule has 8 heteroatoms. The maximum atomic E-state index is 11.6. The summed E-state index contributed by atoms with van der Waals surface area (Å²) in [5.74, 6) is 0.803. The lowest BCUT2D eigenvalue weighted by atomic mass is 9.73. The molecular weight excluding hydrogens is 474 g/mol. The van der Waals surface area contributed by atoms with Crippen LogP contribution in [0, 0.1) is 0 Å². The van der Waals surface area contributed by atoms with Gasteiger partial charge in [0.1, 0.15) is 11.3 Å². The molecule has 8 nitrogen and oxygen atoms in total. The highest BCUT2D eigenvalue weighted by Gasteiger charge is 2.34. The average Bonchev–Trinajstić information content (AvgIpc) is 3.31. The lowest BCUT2D eigenvalue weighted by Gasteiger charge is -2.38. The molecule has 0 saturated heterocycles. The summed E-state index contributed by atoms with van der Waals surface area (Å²) in [5, 5.41) is 2.76. The summed E-state index contributed by atoms with van der Waals surface area (Å²) in [5.41, 5.74) is 19.2. The number of amides is 1. The summed E-state index contributed by atoms with van der Waals surface area (Å²) in [6.07, 6.45) is 6.06. The zero-order chi connectivity index (χ0) is 26.3. The van der Waals surface area contributed by atoms with Gasteiger partial charge in [-0.25, -0.2) is 15.0 Å². The number of nitrogens with two attached hydrogens (primary N) is 2. The summed E-state index contributed by atoms with van der Waals surface area (Å²) in [6.45, 7) is 3.49. The molecule has 0 aliphatic heterocycles. The number of carbonyl (C=O) groups is 1. The molecule has 1 amide bonds. The van der Waals surface area contributed by atoms with Crippen LogP contribution in [0.4, 0.5) is 11.5 Å². The predicted molar refractivity (Wildman–Crippen MR) is 150 cm³/mol. The van der Waals surface area contributed by atoms with Crippen molar-refractivity contribution in [3.8, 4) is 28.3 Å². The fourth-order valence-electron chi connectivity index (χ4n) is 4.86. The second kappa shape index (κ2) is 9.24. The van der Waals surface area contributed by atoms with Gasteiger partial charge in [-0.05, 0) is 79.4 Å². The number of rotatable bonds is 6. The first kappa shape index (κ1) is 23.6. The van der Waals surface area contributed by atoms with Crippen molar-refractivity contribution < 1.29 is 4.79 Å². The molecule has 0 bridgehead atoms. The van der Waals surface area contributed by atoms with Crippen LogP contribution in [-0.2, 0) is 10.3 Å². The molecule has 1 aliphatic rings. The number of imidazole rings is 1. The molecule has 1 aliphatic carbocycles. The van der Waals surface area contributed by atoms with Crippen molar-refractivity contribution in [1.82, 2.24) is 19.5 Å². The van der Waals surface area contributed by atoms with E-state index in [0.717, 1.165) is 52.9 Å². The second-order valence-corrected chi connectivity index (χ2v) is 9.57. The van der Waals surface area contributed by atoms with Gasteiger partial charge in [-0.15, -0.1) is 0 Å². The normalized spacial score (nSPS) is 14.1. The summed E-state index contributed by atoms with van der Waals surface area (Å²) >= 11 is 0. The number of aromatic nitrogens is 4. The molecule has 0 spiro atoms. The van der Waals surface area contributed by atoms with E-state index in [9.17, 15) is 4.79 Å². The van der Waals surface area contributed by atoms with Gasteiger partial charge in [0.15, 0.2) is 11.5 Å². The highest BCUT2D eigenvalue weighted by Crippen LogP contribution is 2.39. The first-order valence-electron chi connectivity index (χ1n) is 12.5. The van der Waals surface area contributed by atoms with Crippen LogP contribution < -0.4 is 16.8 Å². The van der Waals surface area contributed by atoms with Crippen LogP contribution in [0.5, 0.6) is 0 Å². The molecule has 1 fully saturated rings. The third-order valence-corrected chi connectivity index (χ3v) is 7.16. The lowest BCUT2D eigenvalue weighted by Crippen LogP contribution is -2.43. The van der Waals surface area contributed by atoms with Gasteiger partial charge in [0.25, 0.3) is 0 Å². The number of nitrogens with zero attached hydrogens (tertiary/aromatic N) is 4. The van der Waals surface area contributed by atoms with Crippen molar-refractivity contribution in [3.63, 3.8) is 0 Å². The van der Waals surface area contributed by atoms with Gasteiger partial charge in [0, 0.05) is 28.7 Å². The lowest BCUT2D eigenvalue weighted by molar-refractivity contribution is -0.111. The first-order chi connectivity index (χ1) is 18.4. The predicted octanol–water partition coefficient (Wildman–Crippen LogP) is 5.19. The molecule has 5 N–H and O–H groups in total. The molecule has 0 radical (unpaired) electrons. The maximum absolute atomic E-state index is 11.6. The number of anilines is 2. The smallest absolute Gasteiger partial charge is 0.247 e. The minimum absolute atomic E-state index is 0.241. The van der Waals surface area contributed by atoms with Crippen LogP contribution in [0.25, 0.3) is 39.5 Å². The zero-order valence-corrected chi connectivity index (χ0v) is 20.8. The van der Waals surface area contributed by atoms with Crippen LogP contribution in [0.2, 0.25) is 0 Å². The van der Waals surface area contributed by atoms with E-state index in [0.29, 0.717) is 23.0 Å². The minimum Gasteiger partial charge on any atom is -0.383 e. The SMILES string of the molecule is C=CC(=O)Nc1ccc(-c2ccc3nc(-c4cccnc4N)n(-c4ccc(C5(N)CCC5)cc4)c3n2)cc1. The Hall–Kier alpha value is -4.82. The number of nitrogens with one attached hydrogen (secondary N) is 1. The fourth-order valence-corrected chi connectivity index (χ4v) is 4.86. The topological polar surface area (TPSA) is 125 Å². The van der Waals surface area contributed by atoms with Crippen molar-refractivity contribution in [3.05, 3.63) is 97.2 Å². The molecule has 3 aromatic heterocycles. The molecule has 1 saturated carbocycles. The molecule has 38 heavy (non-hydrogen) atoms. The van der Waals surface area contributed by atoms with Gasteiger partial charge < -0.3 is 16.8 Å². The monoisotopic (exact) mass is 501 g/mol. The van der Waals surface area contributed by atoms with Gasteiger partial charge in [0.05, 0.1) is 11.3 Å². The van der Waals surface area contributed by atoms with E-state index in [2.05, 4.69) is 41.1 Å². The quantitative estimate of drug-likeness (QED) is 0.275. The van der Waals surface area contributed by atoms with E-state index >= 15 is 0 Å². The molecule has 0 atom stereocenters. The van der Waals surface area contributed by atoms with Crippen LogP contribution in [0.3, 0.4) is 0 Å². The number of pyridine rings is 2. The van der Waals surface area contributed by atoms with Crippen LogP contribution in [0.15, 0.2) is 91.6 Å². The first-order valence-corrected chi connectivity index (χ1v) is 12.5. The third kappa shape index (κ3) is 4.10. The Balaban J connectivity index is 1.47. The van der Waals surface area contributed by atoms with Gasteiger partial charge in [-0.2, -0.15) is 0 Å². The van der Waals surface area contributed by atoms with E-state index < -0.39 is 0 Å². The maximum Gasteiger partial charge on any atom is 0.247 e. The Labute approximate surface area is 220 Å². The van der Waals surface area contributed by atoms with E-state index in [4.69, 9.17) is 21.4 Å².